The molecule has 0 spiro atoms. The van der Waals surface area contributed by atoms with Crippen molar-refractivity contribution in [1.82, 2.24) is 4.90 Å². The van der Waals surface area contributed by atoms with Gasteiger partial charge in [-0.1, -0.05) is 30.3 Å². The number of rotatable bonds is 4. The van der Waals surface area contributed by atoms with Gasteiger partial charge in [0.1, 0.15) is 0 Å². The topological polar surface area (TPSA) is 66.5 Å². The first-order chi connectivity index (χ1) is 13.0. The molecule has 1 saturated heterocycles. The van der Waals surface area contributed by atoms with Crippen LogP contribution in [0.4, 0.5) is 5.69 Å². The fourth-order valence-electron chi connectivity index (χ4n) is 3.33. The Bertz CT molecular complexity index is 1090. The molecule has 1 amide bonds. The summed E-state index contributed by atoms with van der Waals surface area (Å²) >= 11 is 0. The molecule has 0 saturated carbocycles. The smallest absolute Gasteiger partial charge is 0.261 e. The molecule has 138 valence electrons. The van der Waals surface area contributed by atoms with Crippen molar-refractivity contribution in [2.75, 3.05) is 17.8 Å². The maximum Gasteiger partial charge on any atom is 0.261 e. The van der Waals surface area contributed by atoms with Crippen LogP contribution in [0.1, 0.15) is 23.2 Å². The molecule has 1 fully saturated rings. The van der Waals surface area contributed by atoms with E-state index < -0.39 is 10.0 Å². The summed E-state index contributed by atoms with van der Waals surface area (Å²) in [4.78, 5) is 14.4. The number of anilines is 1. The number of hydrogen-bond donors (Lipinski definition) is 1. The van der Waals surface area contributed by atoms with Crippen molar-refractivity contribution < 1.29 is 13.2 Å². The van der Waals surface area contributed by atoms with Gasteiger partial charge in [-0.3, -0.25) is 9.52 Å². The zero-order chi connectivity index (χ0) is 18.9. The Morgan fingerprint density at radius 1 is 0.852 bits per heavy atom. The Hall–Kier alpha value is -2.86. The lowest BCUT2D eigenvalue weighted by Gasteiger charge is -2.15. The number of nitrogens with zero attached hydrogens (tertiary/aromatic N) is 1. The van der Waals surface area contributed by atoms with Gasteiger partial charge >= 0.3 is 0 Å². The summed E-state index contributed by atoms with van der Waals surface area (Å²) in [6.45, 7) is 1.57. The summed E-state index contributed by atoms with van der Waals surface area (Å²) < 4.78 is 28.0. The van der Waals surface area contributed by atoms with Crippen LogP contribution < -0.4 is 4.72 Å². The minimum atomic E-state index is -3.70. The summed E-state index contributed by atoms with van der Waals surface area (Å²) in [6, 6.07) is 19.2. The minimum Gasteiger partial charge on any atom is -0.339 e. The monoisotopic (exact) mass is 380 g/mol. The Morgan fingerprint density at radius 2 is 1.52 bits per heavy atom. The summed E-state index contributed by atoms with van der Waals surface area (Å²) in [6.07, 6.45) is 2.07. The highest BCUT2D eigenvalue weighted by Crippen LogP contribution is 2.22. The van der Waals surface area contributed by atoms with Crippen molar-refractivity contribution in [3.05, 3.63) is 72.3 Å². The van der Waals surface area contributed by atoms with Crippen LogP contribution in [0, 0.1) is 0 Å². The standard InChI is InChI=1S/C21H20N2O3S/c24-21(23-13-3-4-14-23)17-7-10-19(11-8-17)22-27(25,26)20-12-9-16-5-1-2-6-18(16)15-20/h1-2,5-12,15,22H,3-4,13-14H2. The minimum absolute atomic E-state index is 0.00330. The molecule has 3 aromatic carbocycles. The zero-order valence-corrected chi connectivity index (χ0v) is 15.6. The van der Waals surface area contributed by atoms with Crippen LogP contribution >= 0.6 is 0 Å². The molecule has 1 N–H and O–H groups in total. The first-order valence-corrected chi connectivity index (χ1v) is 10.4. The maximum atomic E-state index is 12.7. The molecule has 6 heteroatoms. The van der Waals surface area contributed by atoms with E-state index in [-0.39, 0.29) is 10.8 Å². The van der Waals surface area contributed by atoms with Gasteiger partial charge in [-0.15, -0.1) is 0 Å². The first kappa shape index (κ1) is 17.5. The van der Waals surface area contributed by atoms with E-state index in [1.54, 1.807) is 42.5 Å². The van der Waals surface area contributed by atoms with Crippen molar-refractivity contribution >= 4 is 32.4 Å². The van der Waals surface area contributed by atoms with Crippen LogP contribution in [0.15, 0.2) is 71.6 Å². The maximum absolute atomic E-state index is 12.7. The number of hydrogen-bond acceptors (Lipinski definition) is 3. The van der Waals surface area contributed by atoms with E-state index in [0.29, 0.717) is 11.3 Å². The molecule has 1 aliphatic heterocycles. The Balaban J connectivity index is 1.54. The second-order valence-corrected chi connectivity index (χ2v) is 8.37. The molecule has 27 heavy (non-hydrogen) atoms. The predicted molar refractivity (Wildman–Crippen MR) is 106 cm³/mol. The Kier molecular flexibility index (Phi) is 4.58. The fourth-order valence-corrected chi connectivity index (χ4v) is 4.43. The van der Waals surface area contributed by atoms with Crippen molar-refractivity contribution in [2.24, 2.45) is 0 Å². The van der Waals surface area contributed by atoms with E-state index in [9.17, 15) is 13.2 Å². The summed E-state index contributed by atoms with van der Waals surface area (Å²) in [5.74, 6) is -0.00330. The van der Waals surface area contributed by atoms with E-state index in [2.05, 4.69) is 4.72 Å². The van der Waals surface area contributed by atoms with Gasteiger partial charge in [-0.25, -0.2) is 8.42 Å². The zero-order valence-electron chi connectivity index (χ0n) is 14.8. The first-order valence-electron chi connectivity index (χ1n) is 8.94. The molecule has 0 atom stereocenters. The number of sulfonamides is 1. The van der Waals surface area contributed by atoms with Gasteiger partial charge in [0.25, 0.3) is 15.9 Å². The van der Waals surface area contributed by atoms with E-state index >= 15 is 0 Å². The third-order valence-electron chi connectivity index (χ3n) is 4.81. The van der Waals surface area contributed by atoms with Gasteiger partial charge in [0.2, 0.25) is 0 Å². The van der Waals surface area contributed by atoms with Crippen LogP contribution in [-0.4, -0.2) is 32.3 Å². The Morgan fingerprint density at radius 3 is 2.22 bits per heavy atom. The number of nitrogens with one attached hydrogen (secondary N) is 1. The van der Waals surface area contributed by atoms with E-state index in [1.807, 2.05) is 29.2 Å². The normalized spacial score (nSPS) is 14.4. The van der Waals surface area contributed by atoms with Crippen LogP contribution in [-0.2, 0) is 10.0 Å². The number of benzene rings is 3. The fraction of sp³-hybridized carbons (Fsp3) is 0.190. The van der Waals surface area contributed by atoms with Crippen molar-refractivity contribution in [1.29, 1.82) is 0 Å². The second kappa shape index (κ2) is 7.04. The highest BCUT2D eigenvalue weighted by atomic mass is 32.2. The lowest BCUT2D eigenvalue weighted by Crippen LogP contribution is -2.27. The van der Waals surface area contributed by atoms with Gasteiger partial charge in [0.15, 0.2) is 0 Å². The molecular weight excluding hydrogens is 360 g/mol. The van der Waals surface area contributed by atoms with Crippen molar-refractivity contribution in [3.63, 3.8) is 0 Å². The second-order valence-electron chi connectivity index (χ2n) is 6.69. The van der Waals surface area contributed by atoms with Gasteiger partial charge in [-0.2, -0.15) is 0 Å². The van der Waals surface area contributed by atoms with E-state index in [4.69, 9.17) is 0 Å². The number of carbonyl (C=O) groups excluding carboxylic acids is 1. The molecule has 0 unspecified atom stereocenters. The molecule has 1 aliphatic rings. The molecule has 0 radical (unpaired) electrons. The van der Waals surface area contributed by atoms with Gasteiger partial charge < -0.3 is 4.90 Å². The molecule has 0 aliphatic carbocycles. The lowest BCUT2D eigenvalue weighted by atomic mass is 10.1. The van der Waals surface area contributed by atoms with Crippen LogP contribution in [0.5, 0.6) is 0 Å². The molecule has 5 nitrogen and oxygen atoms in total. The van der Waals surface area contributed by atoms with Crippen LogP contribution in [0.2, 0.25) is 0 Å². The van der Waals surface area contributed by atoms with Crippen LogP contribution in [0.3, 0.4) is 0 Å². The SMILES string of the molecule is O=C(c1ccc(NS(=O)(=O)c2ccc3ccccc3c2)cc1)N1CCCC1. The number of amides is 1. The predicted octanol–water partition coefficient (Wildman–Crippen LogP) is 3.88. The molecule has 4 rings (SSSR count). The van der Waals surface area contributed by atoms with Gasteiger partial charge in [0.05, 0.1) is 4.90 Å². The summed E-state index contributed by atoms with van der Waals surface area (Å²) in [5, 5.41) is 1.85. The number of likely N-dealkylation sites (tertiary alicyclic amines) is 1. The third kappa shape index (κ3) is 3.66. The van der Waals surface area contributed by atoms with E-state index in [1.165, 1.54) is 0 Å². The molecule has 0 bridgehead atoms. The molecule has 1 heterocycles. The third-order valence-corrected chi connectivity index (χ3v) is 6.19. The van der Waals surface area contributed by atoms with Gasteiger partial charge in [-0.05, 0) is 60.0 Å². The average Bonchev–Trinajstić information content (AvgIpc) is 3.22. The molecular formula is C21H20N2O3S. The quantitative estimate of drug-likeness (QED) is 0.747. The summed E-state index contributed by atoms with van der Waals surface area (Å²) in [5.41, 5.74) is 1.01. The van der Waals surface area contributed by atoms with E-state index in [0.717, 1.165) is 36.7 Å². The van der Waals surface area contributed by atoms with Crippen LogP contribution in [0.25, 0.3) is 10.8 Å². The van der Waals surface area contributed by atoms with Crippen molar-refractivity contribution in [3.8, 4) is 0 Å². The number of carbonyl (C=O) groups is 1. The summed E-state index contributed by atoms with van der Waals surface area (Å²) in [7, 11) is -3.70. The Labute approximate surface area is 158 Å². The highest BCUT2D eigenvalue weighted by molar-refractivity contribution is 7.92. The van der Waals surface area contributed by atoms with Gasteiger partial charge in [0, 0.05) is 24.3 Å². The lowest BCUT2D eigenvalue weighted by molar-refractivity contribution is 0.0793. The largest absolute Gasteiger partial charge is 0.339 e. The highest BCUT2D eigenvalue weighted by Gasteiger charge is 2.20. The van der Waals surface area contributed by atoms with Crippen molar-refractivity contribution in [2.45, 2.75) is 17.7 Å². The molecule has 0 aromatic heterocycles. The average molecular weight is 380 g/mol. The number of fused-ring (bicyclic) bond motifs is 1. The molecule has 3 aromatic rings.